The van der Waals surface area contributed by atoms with Gasteiger partial charge in [0.25, 0.3) is 0 Å². The fourth-order valence-electron chi connectivity index (χ4n) is 7.03. The van der Waals surface area contributed by atoms with Crippen molar-refractivity contribution in [2.45, 2.75) is 63.8 Å². The van der Waals surface area contributed by atoms with Crippen LogP contribution in [0.4, 0.5) is 10.2 Å². The number of hydrogen-bond donors (Lipinski definition) is 0. The van der Waals surface area contributed by atoms with Crippen LogP contribution in [-0.4, -0.2) is 31.6 Å². The highest BCUT2D eigenvalue weighted by Gasteiger charge is 2.52. The molecule has 0 radical (unpaired) electrons. The Bertz CT molecular complexity index is 1790. The molecule has 0 unspecified atom stereocenters. The number of aromatic nitrogens is 2. The summed E-state index contributed by atoms with van der Waals surface area (Å²) in [5.41, 5.74) is 1.99. The van der Waals surface area contributed by atoms with E-state index in [4.69, 9.17) is 26.2 Å². The summed E-state index contributed by atoms with van der Waals surface area (Å²) >= 11 is 7.16. The number of halogens is 2. The largest absolute Gasteiger partial charge is 0.533 e. The van der Waals surface area contributed by atoms with Gasteiger partial charge in [-0.3, -0.25) is 0 Å². The number of anilines is 1. The second kappa shape index (κ2) is 11.9. The van der Waals surface area contributed by atoms with E-state index in [1.165, 1.54) is 12.5 Å². The van der Waals surface area contributed by atoms with Crippen molar-refractivity contribution >= 4 is 46.9 Å². The van der Waals surface area contributed by atoms with E-state index in [2.05, 4.69) is 74.2 Å². The predicted octanol–water partition coefficient (Wildman–Crippen LogP) is 8.90. The molecule has 1 aliphatic carbocycles. The molecule has 4 nitrogen and oxygen atoms in total. The van der Waals surface area contributed by atoms with Crippen LogP contribution in [0.15, 0.2) is 91.0 Å². The smallest absolute Gasteiger partial charge is 0.319 e. The number of hydrogen-bond acceptors (Lipinski definition) is 4. The van der Waals surface area contributed by atoms with Gasteiger partial charge < -0.3 is 9.33 Å². The Hall–Kier alpha value is -3.74. The Morgan fingerprint density at radius 2 is 1.44 bits per heavy atom. The predicted molar refractivity (Wildman–Crippen MR) is 186 cm³/mol. The zero-order valence-electron chi connectivity index (χ0n) is 26.2. The second-order valence-corrected chi connectivity index (χ2v) is 18.1. The van der Waals surface area contributed by atoms with E-state index in [0.29, 0.717) is 27.8 Å². The Morgan fingerprint density at radius 1 is 0.800 bits per heavy atom. The molecule has 2 heterocycles. The maximum atomic E-state index is 16.3. The van der Waals surface area contributed by atoms with Crippen LogP contribution >= 0.6 is 11.6 Å². The van der Waals surface area contributed by atoms with Crippen molar-refractivity contribution < 1.29 is 8.82 Å². The van der Waals surface area contributed by atoms with Gasteiger partial charge in [0.2, 0.25) is 0 Å². The molecule has 2 fully saturated rings. The highest BCUT2D eigenvalue weighted by atomic mass is 35.5. The first kappa shape index (κ1) is 29.9. The van der Waals surface area contributed by atoms with Gasteiger partial charge in [-0.05, 0) is 71.8 Å². The normalized spacial score (nSPS) is 15.8. The van der Waals surface area contributed by atoms with Gasteiger partial charge >= 0.3 is 8.32 Å². The quantitative estimate of drug-likeness (QED) is 0.167. The Labute approximate surface area is 271 Å². The molecule has 1 aromatic heterocycles. The maximum absolute atomic E-state index is 16.3. The minimum Gasteiger partial charge on any atom is -0.533 e. The monoisotopic (exact) mass is 635 g/mol. The van der Waals surface area contributed by atoms with Gasteiger partial charge in [0.1, 0.15) is 11.6 Å². The third kappa shape index (κ3) is 5.42. The van der Waals surface area contributed by atoms with Crippen molar-refractivity contribution in [2.24, 2.45) is 0 Å². The SMILES string of the molecule is CC(C)(C)[Si](Oc1cccc(F)c1-c1cc2c(C3CC3)nnc(N3CCCCC3)c2cc1Cl)(c1ccccc1)c1ccccc1. The average molecular weight is 636 g/mol. The Morgan fingerprint density at radius 3 is 2.04 bits per heavy atom. The summed E-state index contributed by atoms with van der Waals surface area (Å²) in [6.45, 7) is 8.59. The molecule has 0 atom stereocenters. The highest BCUT2D eigenvalue weighted by Crippen LogP contribution is 2.47. The minimum absolute atomic E-state index is 0.287. The van der Waals surface area contributed by atoms with E-state index in [1.54, 1.807) is 6.07 Å². The number of benzene rings is 4. The van der Waals surface area contributed by atoms with Gasteiger partial charge in [-0.25, -0.2) is 4.39 Å². The molecule has 7 rings (SSSR count). The zero-order valence-corrected chi connectivity index (χ0v) is 27.9. The molecule has 230 valence electrons. The van der Waals surface area contributed by atoms with Gasteiger partial charge in [0.15, 0.2) is 5.82 Å². The molecule has 1 saturated heterocycles. The lowest BCUT2D eigenvalue weighted by Crippen LogP contribution is -2.68. The summed E-state index contributed by atoms with van der Waals surface area (Å²) in [6, 6.07) is 30.0. The Balaban J connectivity index is 1.44. The molecule has 2 aliphatic rings. The molecule has 0 N–H and O–H groups in total. The van der Waals surface area contributed by atoms with E-state index >= 15 is 4.39 Å². The van der Waals surface area contributed by atoms with Gasteiger partial charge in [-0.2, -0.15) is 5.10 Å². The lowest BCUT2D eigenvalue weighted by atomic mass is 9.98. The van der Waals surface area contributed by atoms with Crippen molar-refractivity contribution in [1.29, 1.82) is 0 Å². The molecule has 45 heavy (non-hydrogen) atoms. The van der Waals surface area contributed by atoms with Crippen LogP contribution in [0.5, 0.6) is 5.75 Å². The molecule has 0 spiro atoms. The molecule has 0 amide bonds. The van der Waals surface area contributed by atoms with Crippen LogP contribution in [-0.2, 0) is 0 Å². The summed E-state index contributed by atoms with van der Waals surface area (Å²) in [7, 11) is -3.04. The van der Waals surface area contributed by atoms with E-state index in [0.717, 1.165) is 71.4 Å². The van der Waals surface area contributed by atoms with Crippen molar-refractivity contribution in [1.82, 2.24) is 10.2 Å². The number of fused-ring (bicyclic) bond motifs is 1. The molecule has 1 aliphatic heterocycles. The van der Waals surface area contributed by atoms with E-state index < -0.39 is 8.32 Å². The molecule has 1 saturated carbocycles. The summed E-state index contributed by atoms with van der Waals surface area (Å²) in [4.78, 5) is 2.33. The lowest BCUT2D eigenvalue weighted by molar-refractivity contribution is 0.504. The maximum Gasteiger partial charge on any atom is 0.319 e. The van der Waals surface area contributed by atoms with Gasteiger partial charge in [-0.1, -0.05) is 99.1 Å². The van der Waals surface area contributed by atoms with E-state index in [-0.39, 0.29) is 10.9 Å². The van der Waals surface area contributed by atoms with E-state index in [9.17, 15) is 0 Å². The summed E-state index contributed by atoms with van der Waals surface area (Å²) in [5.74, 6) is 1.38. The summed E-state index contributed by atoms with van der Waals surface area (Å²) in [5, 5.41) is 14.0. The summed E-state index contributed by atoms with van der Waals surface area (Å²) in [6.07, 6.45) is 5.68. The van der Waals surface area contributed by atoms with Crippen LogP contribution < -0.4 is 19.7 Å². The highest BCUT2D eigenvalue weighted by molar-refractivity contribution is 7.00. The van der Waals surface area contributed by atoms with Crippen LogP contribution in [0.1, 0.15) is 64.5 Å². The number of rotatable bonds is 7. The second-order valence-electron chi connectivity index (χ2n) is 13.5. The standard InChI is InChI=1S/C38H39ClFN3OSi/c1-38(2,3)45(27-14-7-4-8-15-27,28-16-9-5-10-17-28)44-34-19-13-18-33(40)35(34)31-24-29-30(25-32(31)39)37(43-22-11-6-12-23-43)42-41-36(29)26-20-21-26/h4-5,7-10,13-19,24-26H,6,11-12,20-23H2,1-3H3. The first-order valence-electron chi connectivity index (χ1n) is 16.1. The number of piperidine rings is 1. The van der Waals surface area contributed by atoms with Gasteiger partial charge in [0, 0.05) is 40.4 Å². The molecule has 4 aromatic carbocycles. The molecule has 0 bridgehead atoms. The fraction of sp³-hybridized carbons (Fsp3) is 0.316. The van der Waals surface area contributed by atoms with Crippen molar-refractivity contribution in [2.75, 3.05) is 18.0 Å². The lowest BCUT2D eigenvalue weighted by Gasteiger charge is -2.43. The molecular weight excluding hydrogens is 597 g/mol. The Kier molecular flexibility index (Phi) is 7.91. The van der Waals surface area contributed by atoms with Crippen molar-refractivity contribution in [3.63, 3.8) is 0 Å². The average Bonchev–Trinajstić information content (AvgIpc) is 3.89. The van der Waals surface area contributed by atoms with Crippen molar-refractivity contribution in [3.8, 4) is 16.9 Å². The first-order chi connectivity index (χ1) is 21.8. The third-order valence-corrected chi connectivity index (χ3v) is 14.7. The van der Waals surface area contributed by atoms with Crippen LogP contribution in [0.25, 0.3) is 21.9 Å². The van der Waals surface area contributed by atoms with Crippen LogP contribution in [0, 0.1) is 5.82 Å². The van der Waals surface area contributed by atoms with Crippen LogP contribution in [0.3, 0.4) is 0 Å². The molecule has 7 heteroatoms. The summed E-state index contributed by atoms with van der Waals surface area (Å²) < 4.78 is 23.7. The number of nitrogens with zero attached hydrogens (tertiary/aromatic N) is 3. The zero-order chi connectivity index (χ0) is 31.2. The third-order valence-electron chi connectivity index (χ3n) is 9.42. The van der Waals surface area contributed by atoms with Gasteiger partial charge in [0.05, 0.1) is 11.3 Å². The minimum atomic E-state index is -3.04. The molecular formula is C38H39ClFN3OSi. The van der Waals surface area contributed by atoms with Crippen molar-refractivity contribution in [3.05, 3.63) is 108 Å². The fourth-order valence-corrected chi connectivity index (χ4v) is 11.7. The topological polar surface area (TPSA) is 38.3 Å². The van der Waals surface area contributed by atoms with Crippen LogP contribution in [0.2, 0.25) is 10.1 Å². The van der Waals surface area contributed by atoms with Gasteiger partial charge in [-0.15, -0.1) is 5.10 Å². The van der Waals surface area contributed by atoms with E-state index in [1.807, 2.05) is 30.3 Å². The first-order valence-corrected chi connectivity index (χ1v) is 18.4. The molecule has 5 aromatic rings.